The van der Waals surface area contributed by atoms with Crippen LogP contribution in [0.15, 0.2) is 0 Å². The minimum absolute atomic E-state index is 0.315. The zero-order valence-electron chi connectivity index (χ0n) is 10.8. The fraction of sp³-hybridized carbons (Fsp3) is 0.917. The molecule has 0 aliphatic heterocycles. The Bertz CT molecular complexity index is 230. The predicted molar refractivity (Wildman–Crippen MR) is 63.9 cm³/mol. The maximum atomic E-state index is 11.4. The van der Waals surface area contributed by atoms with Gasteiger partial charge in [-0.1, -0.05) is 12.8 Å². The van der Waals surface area contributed by atoms with Gasteiger partial charge in [0, 0.05) is 6.04 Å². The van der Waals surface area contributed by atoms with E-state index in [1.807, 2.05) is 20.8 Å². The largest absolute Gasteiger partial charge is 0.443 e. The van der Waals surface area contributed by atoms with Crippen LogP contribution in [0.2, 0.25) is 0 Å². The van der Waals surface area contributed by atoms with Crippen LogP contribution in [0.25, 0.3) is 0 Å². The molecular formula is C12H24N2O2. The lowest BCUT2D eigenvalue weighted by Gasteiger charge is -2.23. The number of hydrazine groups is 1. The number of amides is 1. The molecule has 4 heteroatoms. The maximum Gasteiger partial charge on any atom is 0.422 e. The van der Waals surface area contributed by atoms with E-state index in [-0.39, 0.29) is 0 Å². The maximum absolute atomic E-state index is 11.4. The van der Waals surface area contributed by atoms with Gasteiger partial charge in [-0.15, -0.1) is 0 Å². The van der Waals surface area contributed by atoms with Crippen molar-refractivity contribution in [2.24, 2.45) is 5.92 Å². The van der Waals surface area contributed by atoms with Crippen LogP contribution >= 0.6 is 0 Å². The second kappa shape index (κ2) is 5.53. The molecule has 0 bridgehead atoms. The molecule has 0 heterocycles. The number of nitrogens with one attached hydrogen (secondary N) is 2. The Balaban J connectivity index is 2.20. The summed E-state index contributed by atoms with van der Waals surface area (Å²) >= 11 is 0. The lowest BCUT2D eigenvalue weighted by atomic mass is 10.0. The Morgan fingerprint density at radius 2 is 1.88 bits per heavy atom. The van der Waals surface area contributed by atoms with E-state index in [4.69, 9.17) is 4.74 Å². The van der Waals surface area contributed by atoms with Gasteiger partial charge in [-0.2, -0.15) is 0 Å². The Morgan fingerprint density at radius 3 is 2.38 bits per heavy atom. The van der Waals surface area contributed by atoms with Gasteiger partial charge >= 0.3 is 6.09 Å². The summed E-state index contributed by atoms with van der Waals surface area (Å²) in [5, 5.41) is 0. The number of carbonyl (C=O) groups excluding carboxylic acids is 1. The third kappa shape index (κ3) is 4.84. The highest BCUT2D eigenvalue weighted by Crippen LogP contribution is 2.27. The van der Waals surface area contributed by atoms with Gasteiger partial charge < -0.3 is 4.74 Å². The van der Waals surface area contributed by atoms with Gasteiger partial charge in [0.05, 0.1) is 0 Å². The molecule has 0 saturated heterocycles. The van der Waals surface area contributed by atoms with E-state index < -0.39 is 11.7 Å². The summed E-state index contributed by atoms with van der Waals surface area (Å²) in [7, 11) is 0. The smallest absolute Gasteiger partial charge is 0.422 e. The molecule has 1 fully saturated rings. The molecular weight excluding hydrogens is 204 g/mol. The first-order chi connectivity index (χ1) is 7.38. The molecule has 0 aromatic rings. The third-order valence-electron chi connectivity index (χ3n) is 2.91. The first-order valence-electron chi connectivity index (χ1n) is 6.13. The molecule has 1 saturated carbocycles. The highest BCUT2D eigenvalue weighted by Gasteiger charge is 2.22. The molecule has 1 amide bonds. The number of ether oxygens (including phenoxy) is 1. The number of hydrogen-bond acceptors (Lipinski definition) is 3. The summed E-state index contributed by atoms with van der Waals surface area (Å²) in [4.78, 5) is 11.4. The normalized spacial score (nSPS) is 19.5. The zero-order valence-corrected chi connectivity index (χ0v) is 10.8. The summed E-state index contributed by atoms with van der Waals surface area (Å²) in [5.41, 5.74) is 5.18. The molecule has 4 nitrogen and oxygen atoms in total. The van der Waals surface area contributed by atoms with E-state index in [2.05, 4.69) is 17.8 Å². The van der Waals surface area contributed by atoms with Crippen LogP contribution in [0.1, 0.15) is 53.4 Å². The van der Waals surface area contributed by atoms with Crippen molar-refractivity contribution in [1.82, 2.24) is 10.9 Å². The van der Waals surface area contributed by atoms with Crippen molar-refractivity contribution in [3.05, 3.63) is 0 Å². The summed E-state index contributed by atoms with van der Waals surface area (Å²) in [6.07, 6.45) is 4.72. The van der Waals surface area contributed by atoms with E-state index >= 15 is 0 Å². The molecule has 0 spiro atoms. The van der Waals surface area contributed by atoms with Crippen LogP contribution in [-0.4, -0.2) is 17.7 Å². The van der Waals surface area contributed by atoms with Crippen LogP contribution in [0.5, 0.6) is 0 Å². The summed E-state index contributed by atoms with van der Waals surface area (Å²) in [6, 6.07) is 0.315. The second-order valence-corrected chi connectivity index (χ2v) is 5.60. The summed E-state index contributed by atoms with van der Waals surface area (Å²) < 4.78 is 5.14. The fourth-order valence-electron chi connectivity index (χ4n) is 2.05. The van der Waals surface area contributed by atoms with Crippen molar-refractivity contribution in [1.29, 1.82) is 0 Å². The van der Waals surface area contributed by atoms with Crippen molar-refractivity contribution in [2.75, 3.05) is 0 Å². The van der Waals surface area contributed by atoms with Gasteiger partial charge in [0.1, 0.15) is 5.60 Å². The monoisotopic (exact) mass is 228 g/mol. The van der Waals surface area contributed by atoms with Crippen molar-refractivity contribution in [3.63, 3.8) is 0 Å². The van der Waals surface area contributed by atoms with Gasteiger partial charge in [0.15, 0.2) is 0 Å². The van der Waals surface area contributed by atoms with Crippen LogP contribution in [-0.2, 0) is 4.74 Å². The van der Waals surface area contributed by atoms with E-state index in [9.17, 15) is 4.79 Å². The highest BCUT2D eigenvalue weighted by atomic mass is 16.6. The molecule has 1 atom stereocenters. The van der Waals surface area contributed by atoms with Crippen LogP contribution in [0.4, 0.5) is 4.79 Å². The topological polar surface area (TPSA) is 50.4 Å². The van der Waals surface area contributed by atoms with E-state index in [1.54, 1.807) is 0 Å². The van der Waals surface area contributed by atoms with E-state index in [0.717, 1.165) is 0 Å². The minimum atomic E-state index is -0.442. The third-order valence-corrected chi connectivity index (χ3v) is 2.91. The predicted octanol–water partition coefficient (Wildman–Crippen LogP) is 2.59. The Labute approximate surface area is 98.1 Å². The van der Waals surface area contributed by atoms with Gasteiger partial charge in [0.2, 0.25) is 0 Å². The number of rotatable bonds is 3. The van der Waals surface area contributed by atoms with Crippen LogP contribution in [0.3, 0.4) is 0 Å². The van der Waals surface area contributed by atoms with Crippen molar-refractivity contribution >= 4 is 6.09 Å². The molecule has 2 N–H and O–H groups in total. The average molecular weight is 228 g/mol. The molecule has 16 heavy (non-hydrogen) atoms. The van der Waals surface area contributed by atoms with Crippen LogP contribution in [0, 0.1) is 5.92 Å². The fourth-order valence-corrected chi connectivity index (χ4v) is 2.05. The molecule has 0 radical (unpaired) electrons. The van der Waals surface area contributed by atoms with Crippen molar-refractivity contribution in [2.45, 2.75) is 65.0 Å². The minimum Gasteiger partial charge on any atom is -0.443 e. The molecule has 94 valence electrons. The SMILES string of the molecule is CC(NNC(=O)OC(C)(C)C)C1CCCC1. The lowest BCUT2D eigenvalue weighted by Crippen LogP contribution is -2.47. The van der Waals surface area contributed by atoms with Gasteiger partial charge in [-0.25, -0.2) is 10.2 Å². The van der Waals surface area contributed by atoms with Gasteiger partial charge in [-0.3, -0.25) is 5.43 Å². The second-order valence-electron chi connectivity index (χ2n) is 5.60. The van der Waals surface area contributed by atoms with E-state index in [0.29, 0.717) is 12.0 Å². The molecule has 0 aromatic heterocycles. The highest BCUT2D eigenvalue weighted by molar-refractivity contribution is 5.67. The summed E-state index contributed by atoms with van der Waals surface area (Å²) in [6.45, 7) is 7.67. The molecule has 0 aromatic carbocycles. The quantitative estimate of drug-likeness (QED) is 0.730. The van der Waals surface area contributed by atoms with Crippen molar-refractivity contribution < 1.29 is 9.53 Å². The molecule has 1 aliphatic rings. The Morgan fingerprint density at radius 1 is 1.31 bits per heavy atom. The lowest BCUT2D eigenvalue weighted by molar-refractivity contribution is 0.0482. The van der Waals surface area contributed by atoms with Gasteiger partial charge in [0.25, 0.3) is 0 Å². The average Bonchev–Trinajstić information content (AvgIpc) is 2.64. The standard InChI is InChI=1S/C12H24N2O2/c1-9(10-7-5-6-8-10)13-14-11(15)16-12(2,3)4/h9-10,13H,5-8H2,1-4H3,(H,14,15). The molecule has 1 rings (SSSR count). The summed E-state index contributed by atoms with van der Waals surface area (Å²) in [5.74, 6) is 0.676. The van der Waals surface area contributed by atoms with E-state index in [1.165, 1.54) is 25.7 Å². The molecule has 1 unspecified atom stereocenters. The number of carbonyl (C=O) groups is 1. The van der Waals surface area contributed by atoms with Gasteiger partial charge in [-0.05, 0) is 46.5 Å². The zero-order chi connectivity index (χ0) is 12.2. The van der Waals surface area contributed by atoms with Crippen molar-refractivity contribution in [3.8, 4) is 0 Å². The molecule has 1 aliphatic carbocycles. The first kappa shape index (κ1) is 13.3. The Hall–Kier alpha value is -0.770. The number of hydrogen-bond donors (Lipinski definition) is 2. The van der Waals surface area contributed by atoms with Crippen LogP contribution < -0.4 is 10.9 Å². The first-order valence-corrected chi connectivity index (χ1v) is 6.13. The Kier molecular flexibility index (Phi) is 4.59.